The molecule has 0 rings (SSSR count). The van der Waals surface area contributed by atoms with Gasteiger partial charge in [-0.1, -0.05) is 13.3 Å². The second kappa shape index (κ2) is 8.32. The second-order valence-electron chi connectivity index (χ2n) is 4.04. The highest BCUT2D eigenvalue weighted by Crippen LogP contribution is 2.01. The molecule has 0 aliphatic carbocycles. The summed E-state index contributed by atoms with van der Waals surface area (Å²) in [4.78, 5) is 33.3. The highest BCUT2D eigenvalue weighted by atomic mass is 16.4. The van der Waals surface area contributed by atoms with Gasteiger partial charge < -0.3 is 21.1 Å². The van der Waals surface area contributed by atoms with Crippen molar-refractivity contribution in [2.75, 3.05) is 7.05 Å². The van der Waals surface area contributed by atoms with Gasteiger partial charge in [-0.25, -0.2) is 4.79 Å². The Kier molecular flexibility index (Phi) is 7.50. The standard InChI is InChI=1S/C11H21N3O4/c1-4-5-8(6-9(15)16)14-11(18)13-7(2)10(17)12-3/h7-8H,4-6H2,1-3H3,(H,12,17)(H,15,16)(H2,13,14,18). The van der Waals surface area contributed by atoms with Crippen LogP contribution in [0.3, 0.4) is 0 Å². The van der Waals surface area contributed by atoms with E-state index in [4.69, 9.17) is 5.11 Å². The molecule has 18 heavy (non-hydrogen) atoms. The Morgan fingerprint density at radius 1 is 1.22 bits per heavy atom. The van der Waals surface area contributed by atoms with E-state index in [1.807, 2.05) is 6.92 Å². The monoisotopic (exact) mass is 259 g/mol. The van der Waals surface area contributed by atoms with Crippen LogP contribution in [0.25, 0.3) is 0 Å². The van der Waals surface area contributed by atoms with Gasteiger partial charge in [-0.3, -0.25) is 9.59 Å². The van der Waals surface area contributed by atoms with Crippen molar-refractivity contribution in [2.45, 2.75) is 45.2 Å². The maximum atomic E-state index is 11.5. The number of aliphatic carboxylic acids is 1. The first-order chi connectivity index (χ1) is 8.40. The number of carboxylic acids is 1. The van der Waals surface area contributed by atoms with Crippen molar-refractivity contribution in [2.24, 2.45) is 0 Å². The van der Waals surface area contributed by atoms with E-state index in [1.54, 1.807) is 6.92 Å². The maximum absolute atomic E-state index is 11.5. The van der Waals surface area contributed by atoms with Crippen LogP contribution in [0.15, 0.2) is 0 Å². The Balaban J connectivity index is 4.24. The van der Waals surface area contributed by atoms with Crippen LogP contribution in [0.2, 0.25) is 0 Å². The lowest BCUT2D eigenvalue weighted by atomic mass is 10.1. The third kappa shape index (κ3) is 6.72. The van der Waals surface area contributed by atoms with Crippen LogP contribution < -0.4 is 16.0 Å². The molecule has 0 bridgehead atoms. The highest BCUT2D eigenvalue weighted by Gasteiger charge is 2.18. The lowest BCUT2D eigenvalue weighted by Gasteiger charge is -2.18. The minimum Gasteiger partial charge on any atom is -0.481 e. The second-order valence-corrected chi connectivity index (χ2v) is 4.04. The summed E-state index contributed by atoms with van der Waals surface area (Å²) in [6.07, 6.45) is 1.22. The predicted molar refractivity (Wildman–Crippen MR) is 66.1 cm³/mol. The molecule has 0 spiro atoms. The number of nitrogens with one attached hydrogen (secondary N) is 3. The zero-order valence-corrected chi connectivity index (χ0v) is 10.9. The molecule has 0 fully saturated rings. The molecule has 0 aliphatic heterocycles. The summed E-state index contributed by atoms with van der Waals surface area (Å²) < 4.78 is 0. The number of hydrogen-bond acceptors (Lipinski definition) is 3. The molecule has 0 saturated heterocycles. The van der Waals surface area contributed by atoms with E-state index in [-0.39, 0.29) is 12.3 Å². The first-order valence-corrected chi connectivity index (χ1v) is 5.91. The van der Waals surface area contributed by atoms with Gasteiger partial charge in [-0.15, -0.1) is 0 Å². The van der Waals surface area contributed by atoms with Gasteiger partial charge >= 0.3 is 12.0 Å². The number of urea groups is 1. The summed E-state index contributed by atoms with van der Waals surface area (Å²) >= 11 is 0. The Morgan fingerprint density at radius 3 is 2.28 bits per heavy atom. The van der Waals surface area contributed by atoms with Gasteiger partial charge in [0.1, 0.15) is 6.04 Å². The van der Waals surface area contributed by atoms with Crippen LogP contribution >= 0.6 is 0 Å². The summed E-state index contributed by atoms with van der Waals surface area (Å²) in [5, 5.41) is 16.1. The average Bonchev–Trinajstić information content (AvgIpc) is 2.26. The molecule has 104 valence electrons. The van der Waals surface area contributed by atoms with Crippen LogP contribution in [0.4, 0.5) is 4.79 Å². The molecule has 7 heteroatoms. The van der Waals surface area contributed by atoms with Gasteiger partial charge in [-0.05, 0) is 13.3 Å². The van der Waals surface area contributed by atoms with Crippen LogP contribution in [0.5, 0.6) is 0 Å². The van der Waals surface area contributed by atoms with Gasteiger partial charge in [0.15, 0.2) is 0 Å². The topological polar surface area (TPSA) is 108 Å². The van der Waals surface area contributed by atoms with Crippen LogP contribution in [0.1, 0.15) is 33.1 Å². The van der Waals surface area contributed by atoms with E-state index in [0.29, 0.717) is 6.42 Å². The quantitative estimate of drug-likeness (QED) is 0.518. The summed E-state index contributed by atoms with van der Waals surface area (Å²) in [7, 11) is 1.47. The summed E-state index contributed by atoms with van der Waals surface area (Å²) in [6, 6.07) is -1.63. The lowest BCUT2D eigenvalue weighted by Crippen LogP contribution is -2.50. The van der Waals surface area contributed by atoms with Crippen molar-refractivity contribution in [1.29, 1.82) is 0 Å². The Labute approximate surface area is 106 Å². The van der Waals surface area contributed by atoms with Gasteiger partial charge in [-0.2, -0.15) is 0 Å². The number of carbonyl (C=O) groups is 3. The molecule has 0 aromatic rings. The molecule has 0 heterocycles. The van der Waals surface area contributed by atoms with Gasteiger partial charge in [0.05, 0.1) is 6.42 Å². The van der Waals surface area contributed by atoms with E-state index in [1.165, 1.54) is 7.05 Å². The van der Waals surface area contributed by atoms with Crippen LogP contribution in [-0.4, -0.2) is 42.1 Å². The molecule has 0 aromatic heterocycles. The minimum absolute atomic E-state index is 0.129. The van der Waals surface area contributed by atoms with Crippen molar-refractivity contribution in [3.05, 3.63) is 0 Å². The molecule has 7 nitrogen and oxygen atoms in total. The Morgan fingerprint density at radius 2 is 1.83 bits per heavy atom. The van der Waals surface area contributed by atoms with Crippen LogP contribution in [-0.2, 0) is 9.59 Å². The minimum atomic E-state index is -0.965. The van der Waals surface area contributed by atoms with Crippen molar-refractivity contribution >= 4 is 17.9 Å². The fraction of sp³-hybridized carbons (Fsp3) is 0.727. The van der Waals surface area contributed by atoms with Crippen molar-refractivity contribution in [3.63, 3.8) is 0 Å². The lowest BCUT2D eigenvalue weighted by molar-refractivity contribution is -0.137. The van der Waals surface area contributed by atoms with E-state index < -0.39 is 24.1 Å². The molecule has 2 atom stereocenters. The first-order valence-electron chi connectivity index (χ1n) is 5.91. The smallest absolute Gasteiger partial charge is 0.315 e. The number of amides is 3. The van der Waals surface area contributed by atoms with E-state index in [9.17, 15) is 14.4 Å². The molecular weight excluding hydrogens is 238 g/mol. The molecular formula is C11H21N3O4. The van der Waals surface area contributed by atoms with E-state index in [0.717, 1.165) is 6.42 Å². The third-order valence-electron chi connectivity index (χ3n) is 2.38. The van der Waals surface area contributed by atoms with Crippen molar-refractivity contribution < 1.29 is 19.5 Å². The van der Waals surface area contributed by atoms with Crippen molar-refractivity contribution in [3.8, 4) is 0 Å². The average molecular weight is 259 g/mol. The molecule has 4 N–H and O–H groups in total. The van der Waals surface area contributed by atoms with E-state index in [2.05, 4.69) is 16.0 Å². The molecule has 0 aromatic carbocycles. The fourth-order valence-corrected chi connectivity index (χ4v) is 1.49. The van der Waals surface area contributed by atoms with Gasteiger partial charge in [0, 0.05) is 13.1 Å². The maximum Gasteiger partial charge on any atom is 0.315 e. The fourth-order valence-electron chi connectivity index (χ4n) is 1.49. The van der Waals surface area contributed by atoms with Gasteiger partial charge in [0.2, 0.25) is 5.91 Å². The Bertz CT molecular complexity index is 307. The van der Waals surface area contributed by atoms with Crippen LogP contribution in [0, 0.1) is 0 Å². The molecule has 2 unspecified atom stereocenters. The number of carboxylic acid groups (broad SMARTS) is 1. The summed E-state index contributed by atoms with van der Waals surface area (Å²) in [6.45, 7) is 3.45. The normalized spacial score (nSPS) is 13.3. The van der Waals surface area contributed by atoms with E-state index >= 15 is 0 Å². The van der Waals surface area contributed by atoms with Gasteiger partial charge in [0.25, 0.3) is 0 Å². The zero-order chi connectivity index (χ0) is 14.1. The zero-order valence-electron chi connectivity index (χ0n) is 10.9. The predicted octanol–water partition coefficient (Wildman–Crippen LogP) is 0.0635. The number of hydrogen-bond donors (Lipinski definition) is 4. The number of rotatable bonds is 7. The number of carbonyl (C=O) groups excluding carboxylic acids is 2. The molecule has 0 radical (unpaired) electrons. The summed E-state index contributed by atoms with van der Waals surface area (Å²) in [5.74, 6) is -1.27. The largest absolute Gasteiger partial charge is 0.481 e. The SMILES string of the molecule is CCCC(CC(=O)O)NC(=O)NC(C)C(=O)NC. The summed E-state index contributed by atoms with van der Waals surface area (Å²) in [5.41, 5.74) is 0. The van der Waals surface area contributed by atoms with Crippen molar-refractivity contribution in [1.82, 2.24) is 16.0 Å². The Hall–Kier alpha value is -1.79. The molecule has 3 amide bonds. The first kappa shape index (κ1) is 16.2. The number of likely N-dealkylation sites (N-methyl/N-ethyl adjacent to an activating group) is 1. The third-order valence-corrected chi connectivity index (χ3v) is 2.38. The molecule has 0 saturated carbocycles. The molecule has 0 aliphatic rings. The highest BCUT2D eigenvalue weighted by molar-refractivity contribution is 5.86.